The Hall–Kier alpha value is -1.92. The van der Waals surface area contributed by atoms with Gasteiger partial charge in [0.05, 0.1) is 5.69 Å². The minimum Gasteiger partial charge on any atom is -0.296 e. The fraction of sp³-hybridized carbons (Fsp3) is 0.389. The van der Waals surface area contributed by atoms with E-state index in [4.69, 9.17) is 0 Å². The van der Waals surface area contributed by atoms with Crippen LogP contribution in [0.4, 0.5) is 5.69 Å². The summed E-state index contributed by atoms with van der Waals surface area (Å²) in [5.41, 5.74) is 3.68. The molecule has 24 heavy (non-hydrogen) atoms. The van der Waals surface area contributed by atoms with E-state index in [-0.39, 0.29) is 5.03 Å². The SMILES string of the molecule is Cc1cccnc1S(=O)(=O)Nc1cccc2c1CN(C1CC1)CC2. The number of aryl methyl sites for hydroxylation is 1. The summed E-state index contributed by atoms with van der Waals surface area (Å²) in [6.45, 7) is 3.64. The zero-order valence-electron chi connectivity index (χ0n) is 13.7. The van der Waals surface area contributed by atoms with Crippen molar-refractivity contribution in [3.8, 4) is 0 Å². The van der Waals surface area contributed by atoms with E-state index in [0.29, 0.717) is 17.3 Å². The Kier molecular flexibility index (Phi) is 3.81. The number of benzene rings is 1. The molecular formula is C18H21N3O2S. The first kappa shape index (κ1) is 15.6. The van der Waals surface area contributed by atoms with Gasteiger partial charge in [0.2, 0.25) is 0 Å². The van der Waals surface area contributed by atoms with Crippen molar-refractivity contribution in [1.29, 1.82) is 0 Å². The summed E-state index contributed by atoms with van der Waals surface area (Å²) in [7, 11) is -3.68. The average molecular weight is 343 g/mol. The van der Waals surface area contributed by atoms with Crippen molar-refractivity contribution in [2.24, 2.45) is 0 Å². The van der Waals surface area contributed by atoms with E-state index in [0.717, 1.165) is 25.1 Å². The summed E-state index contributed by atoms with van der Waals surface area (Å²) in [6.07, 6.45) is 5.01. The van der Waals surface area contributed by atoms with Crippen molar-refractivity contribution >= 4 is 15.7 Å². The number of pyridine rings is 1. The van der Waals surface area contributed by atoms with Crippen LogP contribution in [0.25, 0.3) is 0 Å². The summed E-state index contributed by atoms with van der Waals surface area (Å²) in [5.74, 6) is 0. The van der Waals surface area contributed by atoms with Crippen molar-refractivity contribution in [2.45, 2.75) is 43.8 Å². The minimum absolute atomic E-state index is 0.0949. The maximum absolute atomic E-state index is 12.7. The summed E-state index contributed by atoms with van der Waals surface area (Å²) >= 11 is 0. The van der Waals surface area contributed by atoms with Crippen LogP contribution < -0.4 is 4.72 Å². The van der Waals surface area contributed by atoms with Crippen molar-refractivity contribution in [3.63, 3.8) is 0 Å². The first-order valence-electron chi connectivity index (χ1n) is 8.34. The number of anilines is 1. The molecule has 1 saturated carbocycles. The molecule has 0 amide bonds. The predicted molar refractivity (Wildman–Crippen MR) is 93.4 cm³/mol. The molecular weight excluding hydrogens is 322 g/mol. The van der Waals surface area contributed by atoms with Gasteiger partial charge in [-0.3, -0.25) is 9.62 Å². The van der Waals surface area contributed by atoms with Gasteiger partial charge in [-0.1, -0.05) is 18.2 Å². The average Bonchev–Trinajstić information content (AvgIpc) is 3.40. The lowest BCUT2D eigenvalue weighted by Gasteiger charge is -2.30. The molecule has 1 aliphatic carbocycles. The van der Waals surface area contributed by atoms with Crippen LogP contribution in [-0.2, 0) is 23.0 Å². The molecule has 0 unspecified atom stereocenters. The van der Waals surface area contributed by atoms with Crippen LogP contribution in [0.15, 0.2) is 41.6 Å². The van der Waals surface area contributed by atoms with Crippen LogP contribution in [0, 0.1) is 6.92 Å². The Morgan fingerprint density at radius 2 is 2.04 bits per heavy atom. The number of sulfonamides is 1. The number of nitrogens with zero attached hydrogens (tertiary/aromatic N) is 2. The molecule has 2 heterocycles. The van der Waals surface area contributed by atoms with Gasteiger partial charge in [-0.15, -0.1) is 0 Å². The Morgan fingerprint density at radius 3 is 2.79 bits per heavy atom. The molecule has 4 rings (SSSR count). The highest BCUT2D eigenvalue weighted by atomic mass is 32.2. The third kappa shape index (κ3) is 2.91. The second-order valence-electron chi connectivity index (χ2n) is 6.63. The van der Waals surface area contributed by atoms with Gasteiger partial charge in [0.1, 0.15) is 0 Å². The second kappa shape index (κ2) is 5.86. The number of aromatic nitrogens is 1. The highest BCUT2D eigenvalue weighted by molar-refractivity contribution is 7.92. The van der Waals surface area contributed by atoms with Gasteiger partial charge in [-0.25, -0.2) is 4.98 Å². The maximum Gasteiger partial charge on any atom is 0.279 e. The van der Waals surface area contributed by atoms with Gasteiger partial charge in [0.15, 0.2) is 5.03 Å². The third-order valence-electron chi connectivity index (χ3n) is 4.83. The number of rotatable bonds is 4. The molecule has 0 spiro atoms. The lowest BCUT2D eigenvalue weighted by atomic mass is 9.98. The zero-order valence-corrected chi connectivity index (χ0v) is 14.5. The molecule has 0 bridgehead atoms. The first-order chi connectivity index (χ1) is 11.5. The minimum atomic E-state index is -3.68. The number of hydrogen-bond acceptors (Lipinski definition) is 4. The van der Waals surface area contributed by atoms with Crippen LogP contribution in [0.5, 0.6) is 0 Å². The smallest absolute Gasteiger partial charge is 0.279 e. The number of hydrogen-bond donors (Lipinski definition) is 1. The Labute approximate surface area is 142 Å². The van der Waals surface area contributed by atoms with E-state index in [2.05, 4.69) is 20.7 Å². The summed E-state index contributed by atoms with van der Waals surface area (Å²) in [4.78, 5) is 6.51. The van der Waals surface area contributed by atoms with Crippen molar-refractivity contribution in [1.82, 2.24) is 9.88 Å². The number of fused-ring (bicyclic) bond motifs is 1. The quantitative estimate of drug-likeness (QED) is 0.927. The van der Waals surface area contributed by atoms with Gasteiger partial charge in [-0.2, -0.15) is 8.42 Å². The fourth-order valence-electron chi connectivity index (χ4n) is 3.39. The Morgan fingerprint density at radius 1 is 1.21 bits per heavy atom. The molecule has 0 saturated heterocycles. The van der Waals surface area contributed by atoms with Crippen molar-refractivity contribution in [2.75, 3.05) is 11.3 Å². The summed E-state index contributed by atoms with van der Waals surface area (Å²) < 4.78 is 28.3. The molecule has 1 N–H and O–H groups in total. The van der Waals surface area contributed by atoms with E-state index in [1.54, 1.807) is 19.1 Å². The molecule has 5 nitrogen and oxygen atoms in total. The Balaban J connectivity index is 1.67. The standard InChI is InChI=1S/C18H21N3O2S/c1-13-4-3-10-19-18(13)24(22,23)20-17-6-2-5-14-9-11-21(12-16(14)17)15-7-8-15/h2-6,10,15,20H,7-9,11-12H2,1H3. The molecule has 2 aromatic rings. The van der Waals surface area contributed by atoms with E-state index >= 15 is 0 Å². The van der Waals surface area contributed by atoms with Crippen LogP contribution in [0.1, 0.15) is 29.5 Å². The summed E-state index contributed by atoms with van der Waals surface area (Å²) in [5, 5.41) is 0.0949. The largest absolute Gasteiger partial charge is 0.296 e. The lowest BCUT2D eigenvalue weighted by molar-refractivity contribution is 0.244. The third-order valence-corrected chi connectivity index (χ3v) is 6.25. The highest BCUT2D eigenvalue weighted by Gasteiger charge is 2.32. The van der Waals surface area contributed by atoms with E-state index in [9.17, 15) is 8.42 Å². The topological polar surface area (TPSA) is 62.3 Å². The van der Waals surface area contributed by atoms with Gasteiger partial charge in [0, 0.05) is 25.3 Å². The van der Waals surface area contributed by atoms with Crippen LogP contribution in [-0.4, -0.2) is 30.9 Å². The second-order valence-corrected chi connectivity index (χ2v) is 8.22. The van der Waals surface area contributed by atoms with Gasteiger partial charge >= 0.3 is 0 Å². The monoisotopic (exact) mass is 343 g/mol. The van der Waals surface area contributed by atoms with E-state index in [1.807, 2.05) is 12.1 Å². The molecule has 126 valence electrons. The maximum atomic E-state index is 12.7. The van der Waals surface area contributed by atoms with E-state index in [1.165, 1.54) is 24.6 Å². The lowest BCUT2D eigenvalue weighted by Crippen LogP contribution is -2.33. The van der Waals surface area contributed by atoms with E-state index < -0.39 is 10.0 Å². The van der Waals surface area contributed by atoms with Gasteiger partial charge in [-0.05, 0) is 55.0 Å². The highest BCUT2D eigenvalue weighted by Crippen LogP contribution is 2.34. The first-order valence-corrected chi connectivity index (χ1v) is 9.82. The van der Waals surface area contributed by atoms with Crippen molar-refractivity contribution < 1.29 is 8.42 Å². The molecule has 1 fully saturated rings. The van der Waals surface area contributed by atoms with Crippen LogP contribution >= 0.6 is 0 Å². The molecule has 6 heteroatoms. The molecule has 1 aromatic heterocycles. The fourth-order valence-corrected chi connectivity index (χ4v) is 4.66. The predicted octanol–water partition coefficient (Wildman–Crippen LogP) is 2.71. The summed E-state index contributed by atoms with van der Waals surface area (Å²) in [6, 6.07) is 10.1. The van der Waals surface area contributed by atoms with Crippen LogP contribution in [0.3, 0.4) is 0 Å². The Bertz CT molecular complexity index is 876. The number of nitrogens with one attached hydrogen (secondary N) is 1. The van der Waals surface area contributed by atoms with Gasteiger partial charge < -0.3 is 0 Å². The van der Waals surface area contributed by atoms with Gasteiger partial charge in [0.25, 0.3) is 10.0 Å². The molecule has 2 aliphatic rings. The molecule has 1 aromatic carbocycles. The van der Waals surface area contributed by atoms with Crippen LogP contribution in [0.2, 0.25) is 0 Å². The molecule has 0 radical (unpaired) electrons. The normalized spacial score (nSPS) is 18.2. The molecule has 1 aliphatic heterocycles. The molecule has 0 atom stereocenters. The zero-order chi connectivity index (χ0) is 16.7. The van der Waals surface area contributed by atoms with Crippen molar-refractivity contribution in [3.05, 3.63) is 53.2 Å².